The molecular formula is C21H28FN5O3. The fourth-order valence-electron chi connectivity index (χ4n) is 5.50. The first-order chi connectivity index (χ1) is 14.4. The van der Waals surface area contributed by atoms with Gasteiger partial charge in [-0.05, 0) is 37.5 Å². The lowest BCUT2D eigenvalue weighted by Crippen LogP contribution is -2.34. The number of nitrogen functional groups attached to an aromatic ring is 1. The molecule has 8 nitrogen and oxygen atoms in total. The number of methoxy groups -OCH3 is 1. The minimum absolute atomic E-state index is 0.0234. The van der Waals surface area contributed by atoms with Crippen LogP contribution in [0.25, 0.3) is 10.9 Å². The van der Waals surface area contributed by atoms with Crippen LogP contribution in [-0.4, -0.2) is 35.8 Å². The molecule has 3 unspecified atom stereocenters. The largest absolute Gasteiger partial charge is 0.492 e. The third-order valence-electron chi connectivity index (χ3n) is 7.12. The van der Waals surface area contributed by atoms with Gasteiger partial charge in [0.1, 0.15) is 11.2 Å². The summed E-state index contributed by atoms with van der Waals surface area (Å²) in [7, 11) is 1.44. The van der Waals surface area contributed by atoms with Crippen LogP contribution < -0.4 is 32.4 Å². The van der Waals surface area contributed by atoms with Gasteiger partial charge in [-0.15, -0.1) is 0 Å². The zero-order valence-electron chi connectivity index (χ0n) is 17.1. The minimum atomic E-state index is -0.693. The molecule has 1 aliphatic heterocycles. The van der Waals surface area contributed by atoms with E-state index < -0.39 is 17.1 Å². The molecule has 0 bridgehead atoms. The standard InChI is InChI=1S/C21H28FN5O3/c1-30-19-17-14(20(28)25-21(29)27(17)11-6-7-11)16(24)15(22)18(19)26-8-10-4-2-3-5-13(23)12(10)9-26/h10-13H,2-9,23-24H2,1H3,(H,25,28,29). The summed E-state index contributed by atoms with van der Waals surface area (Å²) in [6.45, 7) is 1.27. The van der Waals surface area contributed by atoms with Gasteiger partial charge < -0.3 is 21.1 Å². The lowest BCUT2D eigenvalue weighted by Gasteiger charge is -2.26. The van der Waals surface area contributed by atoms with Crippen molar-refractivity contribution < 1.29 is 9.13 Å². The Hall–Kier alpha value is -2.55. The number of fused-ring (bicyclic) bond motifs is 2. The highest BCUT2D eigenvalue weighted by Crippen LogP contribution is 2.47. The summed E-state index contributed by atoms with van der Waals surface area (Å²) in [5.74, 6) is 0.194. The molecule has 2 aliphatic carbocycles. The molecule has 0 amide bonds. The van der Waals surface area contributed by atoms with E-state index in [0.717, 1.165) is 38.5 Å². The van der Waals surface area contributed by atoms with Crippen molar-refractivity contribution in [2.24, 2.45) is 17.6 Å². The first-order valence-electron chi connectivity index (χ1n) is 10.8. The average molecular weight is 417 g/mol. The number of H-pyrrole nitrogens is 1. The fraction of sp³-hybridized carbons (Fsp3) is 0.619. The summed E-state index contributed by atoms with van der Waals surface area (Å²) >= 11 is 0. The van der Waals surface area contributed by atoms with Gasteiger partial charge in [-0.2, -0.15) is 0 Å². The lowest BCUT2D eigenvalue weighted by atomic mass is 9.88. The molecular weight excluding hydrogens is 389 g/mol. The maximum atomic E-state index is 15.6. The number of rotatable bonds is 3. The highest BCUT2D eigenvalue weighted by Gasteiger charge is 2.41. The Morgan fingerprint density at radius 2 is 1.87 bits per heavy atom. The molecule has 0 spiro atoms. The van der Waals surface area contributed by atoms with Crippen LogP contribution >= 0.6 is 0 Å². The second-order valence-electron chi connectivity index (χ2n) is 8.97. The van der Waals surface area contributed by atoms with Crippen molar-refractivity contribution in [2.45, 2.75) is 50.6 Å². The Morgan fingerprint density at radius 1 is 1.13 bits per heavy atom. The lowest BCUT2D eigenvalue weighted by molar-refractivity contribution is 0.354. The van der Waals surface area contributed by atoms with E-state index in [0.29, 0.717) is 24.5 Å². The van der Waals surface area contributed by atoms with Crippen LogP contribution in [-0.2, 0) is 0 Å². The van der Waals surface area contributed by atoms with Crippen LogP contribution in [0.1, 0.15) is 44.6 Å². The molecule has 5 rings (SSSR count). The molecule has 2 saturated carbocycles. The monoisotopic (exact) mass is 417 g/mol. The maximum Gasteiger partial charge on any atom is 0.329 e. The Labute approximate surface area is 173 Å². The van der Waals surface area contributed by atoms with Gasteiger partial charge in [0, 0.05) is 25.2 Å². The van der Waals surface area contributed by atoms with Crippen LogP contribution in [0.2, 0.25) is 0 Å². The Kier molecular flexibility index (Phi) is 4.53. The number of anilines is 2. The molecule has 1 aromatic carbocycles. The van der Waals surface area contributed by atoms with Gasteiger partial charge in [0.25, 0.3) is 5.56 Å². The van der Waals surface area contributed by atoms with Crippen LogP contribution in [0, 0.1) is 17.7 Å². The average Bonchev–Trinajstić information content (AvgIpc) is 3.48. The number of halogens is 1. The zero-order valence-corrected chi connectivity index (χ0v) is 17.1. The van der Waals surface area contributed by atoms with Gasteiger partial charge in [-0.3, -0.25) is 14.3 Å². The van der Waals surface area contributed by atoms with Crippen LogP contribution in [0.15, 0.2) is 9.59 Å². The van der Waals surface area contributed by atoms with Crippen molar-refractivity contribution in [3.8, 4) is 5.75 Å². The predicted octanol–water partition coefficient (Wildman–Crippen LogP) is 1.71. The SMILES string of the molecule is COc1c(N2CC3CCCCC(N)C3C2)c(F)c(N)c2c(=O)[nH]c(=O)n(C3CC3)c12. The molecule has 2 aromatic rings. The summed E-state index contributed by atoms with van der Waals surface area (Å²) in [5, 5.41) is -0.0234. The molecule has 3 fully saturated rings. The summed E-state index contributed by atoms with van der Waals surface area (Å²) in [5.41, 5.74) is 11.6. The number of aromatic nitrogens is 2. The smallest absolute Gasteiger partial charge is 0.329 e. The summed E-state index contributed by atoms with van der Waals surface area (Å²) < 4.78 is 22.8. The number of ether oxygens (including phenoxy) is 1. The minimum Gasteiger partial charge on any atom is -0.492 e. The van der Waals surface area contributed by atoms with Crippen molar-refractivity contribution in [2.75, 3.05) is 30.8 Å². The number of nitrogens with zero attached hydrogens (tertiary/aromatic N) is 2. The van der Waals surface area contributed by atoms with E-state index in [4.69, 9.17) is 16.2 Å². The normalized spacial score (nSPS) is 26.6. The first-order valence-corrected chi connectivity index (χ1v) is 10.8. The molecule has 162 valence electrons. The molecule has 0 radical (unpaired) electrons. The van der Waals surface area contributed by atoms with Crippen molar-refractivity contribution in [1.82, 2.24) is 9.55 Å². The maximum absolute atomic E-state index is 15.6. The second-order valence-corrected chi connectivity index (χ2v) is 8.97. The third-order valence-corrected chi connectivity index (χ3v) is 7.12. The van der Waals surface area contributed by atoms with E-state index in [1.807, 2.05) is 4.90 Å². The van der Waals surface area contributed by atoms with Crippen molar-refractivity contribution in [3.63, 3.8) is 0 Å². The topological polar surface area (TPSA) is 119 Å². The van der Waals surface area contributed by atoms with E-state index in [1.165, 1.54) is 11.7 Å². The van der Waals surface area contributed by atoms with Gasteiger partial charge >= 0.3 is 5.69 Å². The highest BCUT2D eigenvalue weighted by atomic mass is 19.1. The first kappa shape index (κ1) is 19.4. The van der Waals surface area contributed by atoms with E-state index in [2.05, 4.69) is 4.98 Å². The van der Waals surface area contributed by atoms with Crippen molar-refractivity contribution >= 4 is 22.3 Å². The Bertz CT molecular complexity index is 1120. The number of benzene rings is 1. The van der Waals surface area contributed by atoms with Gasteiger partial charge in [0.05, 0.1) is 18.2 Å². The highest BCUT2D eigenvalue weighted by molar-refractivity contribution is 5.99. The van der Waals surface area contributed by atoms with Crippen molar-refractivity contribution in [3.05, 3.63) is 26.7 Å². The number of nitrogens with one attached hydrogen (secondary N) is 1. The Balaban J connectivity index is 1.73. The van der Waals surface area contributed by atoms with Gasteiger partial charge in [-0.25, -0.2) is 9.18 Å². The van der Waals surface area contributed by atoms with Crippen LogP contribution in [0.4, 0.5) is 15.8 Å². The van der Waals surface area contributed by atoms with E-state index in [1.54, 1.807) is 0 Å². The predicted molar refractivity (Wildman–Crippen MR) is 114 cm³/mol. The molecule has 1 aromatic heterocycles. The molecule has 30 heavy (non-hydrogen) atoms. The quantitative estimate of drug-likeness (QED) is 0.654. The van der Waals surface area contributed by atoms with Crippen LogP contribution in [0.5, 0.6) is 5.75 Å². The van der Waals surface area contributed by atoms with E-state index in [9.17, 15) is 9.59 Å². The fourth-order valence-corrected chi connectivity index (χ4v) is 5.50. The van der Waals surface area contributed by atoms with E-state index in [-0.39, 0.29) is 40.5 Å². The van der Waals surface area contributed by atoms with E-state index >= 15 is 4.39 Å². The second kappa shape index (κ2) is 7.01. The van der Waals surface area contributed by atoms with Crippen LogP contribution in [0.3, 0.4) is 0 Å². The summed E-state index contributed by atoms with van der Waals surface area (Å²) in [6, 6.07) is 0.0448. The molecule has 5 N–H and O–H groups in total. The van der Waals surface area contributed by atoms with Crippen molar-refractivity contribution in [1.29, 1.82) is 0 Å². The number of nitrogens with two attached hydrogens (primary N) is 2. The summed E-state index contributed by atoms with van der Waals surface area (Å²) in [4.78, 5) is 29.4. The van der Waals surface area contributed by atoms with Gasteiger partial charge in [0.2, 0.25) is 0 Å². The van der Waals surface area contributed by atoms with Gasteiger partial charge in [0.15, 0.2) is 11.6 Å². The molecule has 9 heteroatoms. The number of hydrogen-bond acceptors (Lipinski definition) is 6. The third kappa shape index (κ3) is 2.82. The Morgan fingerprint density at radius 3 is 2.57 bits per heavy atom. The molecule has 3 atom stereocenters. The zero-order chi connectivity index (χ0) is 21.2. The number of aromatic amines is 1. The number of hydrogen-bond donors (Lipinski definition) is 3. The molecule has 3 aliphatic rings. The van der Waals surface area contributed by atoms with Gasteiger partial charge in [-0.1, -0.05) is 12.8 Å². The summed E-state index contributed by atoms with van der Waals surface area (Å²) in [6.07, 6.45) is 5.93. The molecule has 1 saturated heterocycles. The molecule has 2 heterocycles.